The van der Waals surface area contributed by atoms with Crippen LogP contribution in [0.1, 0.15) is 63.7 Å². The van der Waals surface area contributed by atoms with Crippen molar-refractivity contribution in [2.45, 2.75) is 50.5 Å². The molecular weight excluding hydrogens is 497 g/mol. The number of halogens is 2. The van der Waals surface area contributed by atoms with Crippen molar-refractivity contribution in [1.29, 1.82) is 0 Å². The molecule has 3 aromatic rings. The van der Waals surface area contributed by atoms with E-state index in [0.29, 0.717) is 16.3 Å². The van der Waals surface area contributed by atoms with E-state index in [-0.39, 0.29) is 23.1 Å². The summed E-state index contributed by atoms with van der Waals surface area (Å²) in [6.45, 7) is 3.81. The zero-order valence-corrected chi connectivity index (χ0v) is 21.8. The fraction of sp³-hybridized carbons (Fsp3) is 0.310. The van der Waals surface area contributed by atoms with Crippen molar-refractivity contribution in [2.24, 2.45) is 0 Å². The SMILES string of the molecule is Cc1c(C(=O)OC2(c3ccc(Cl)cc3)CCCC2)ccc(N2C(=O)CSC2c2ccc(F)cc2)c1C. The van der Waals surface area contributed by atoms with Gasteiger partial charge in [0.1, 0.15) is 16.8 Å². The summed E-state index contributed by atoms with van der Waals surface area (Å²) in [4.78, 5) is 28.1. The molecule has 1 unspecified atom stereocenters. The molecular formula is C29H27ClFNO3S. The molecule has 0 N–H and O–H groups in total. The van der Waals surface area contributed by atoms with Gasteiger partial charge in [-0.3, -0.25) is 9.69 Å². The summed E-state index contributed by atoms with van der Waals surface area (Å²) in [5.41, 5.74) is 4.04. The summed E-state index contributed by atoms with van der Waals surface area (Å²) in [5, 5.41) is 0.398. The molecule has 2 fully saturated rings. The molecule has 0 spiro atoms. The number of thioether (sulfide) groups is 1. The van der Waals surface area contributed by atoms with Crippen LogP contribution in [-0.4, -0.2) is 17.6 Å². The zero-order valence-electron chi connectivity index (χ0n) is 20.2. The number of nitrogens with zero attached hydrogens (tertiary/aromatic N) is 1. The monoisotopic (exact) mass is 523 g/mol. The lowest BCUT2D eigenvalue weighted by Crippen LogP contribution is -2.31. The Morgan fingerprint density at radius 1 is 1.00 bits per heavy atom. The third-order valence-corrected chi connectivity index (χ3v) is 8.80. The fourth-order valence-electron chi connectivity index (χ4n) is 5.23. The molecule has 1 aliphatic carbocycles. The zero-order chi connectivity index (χ0) is 25.4. The summed E-state index contributed by atoms with van der Waals surface area (Å²) in [6.07, 6.45) is 3.53. The van der Waals surface area contributed by atoms with E-state index in [1.165, 1.54) is 23.9 Å². The third-order valence-electron chi connectivity index (χ3n) is 7.33. The van der Waals surface area contributed by atoms with Crippen LogP contribution in [-0.2, 0) is 15.1 Å². The van der Waals surface area contributed by atoms with Crippen LogP contribution in [0, 0.1) is 19.7 Å². The number of hydrogen-bond acceptors (Lipinski definition) is 4. The number of esters is 1. The van der Waals surface area contributed by atoms with E-state index >= 15 is 0 Å². The lowest BCUT2D eigenvalue weighted by atomic mass is 9.91. The quantitative estimate of drug-likeness (QED) is 0.325. The Kier molecular flexibility index (Phi) is 6.84. The van der Waals surface area contributed by atoms with Crippen LogP contribution in [0.2, 0.25) is 5.02 Å². The van der Waals surface area contributed by atoms with E-state index in [2.05, 4.69) is 0 Å². The summed E-state index contributed by atoms with van der Waals surface area (Å²) in [7, 11) is 0. The second kappa shape index (κ2) is 9.91. The molecule has 186 valence electrons. The first-order valence-corrected chi connectivity index (χ1v) is 13.5. The highest BCUT2D eigenvalue weighted by molar-refractivity contribution is 8.00. The molecule has 1 heterocycles. The number of carbonyl (C=O) groups excluding carboxylic acids is 2. The molecule has 0 radical (unpaired) electrons. The number of anilines is 1. The van der Waals surface area contributed by atoms with Crippen molar-refractivity contribution >= 4 is 40.9 Å². The molecule has 1 amide bonds. The predicted octanol–water partition coefficient (Wildman–Crippen LogP) is 7.50. The van der Waals surface area contributed by atoms with Gasteiger partial charge in [0.2, 0.25) is 5.91 Å². The Balaban J connectivity index is 1.44. The molecule has 0 aromatic heterocycles. The largest absolute Gasteiger partial charge is 0.451 e. The first-order valence-electron chi connectivity index (χ1n) is 12.1. The lowest BCUT2D eigenvalue weighted by molar-refractivity contribution is -0.115. The molecule has 4 nitrogen and oxygen atoms in total. The van der Waals surface area contributed by atoms with E-state index in [1.54, 1.807) is 23.1 Å². The van der Waals surface area contributed by atoms with Crippen molar-refractivity contribution in [3.05, 3.63) is 99.3 Å². The fourth-order valence-corrected chi connectivity index (χ4v) is 6.52. The summed E-state index contributed by atoms with van der Waals surface area (Å²) in [6, 6.07) is 17.4. The normalized spacial score (nSPS) is 19.1. The Labute approximate surface area is 219 Å². The molecule has 3 aromatic carbocycles. The molecule has 5 rings (SSSR count). The number of ether oxygens (including phenoxy) is 1. The average Bonchev–Trinajstić information content (AvgIpc) is 3.49. The number of amides is 1. The van der Waals surface area contributed by atoms with Crippen LogP contribution in [0.5, 0.6) is 0 Å². The molecule has 1 saturated carbocycles. The van der Waals surface area contributed by atoms with E-state index < -0.39 is 5.60 Å². The van der Waals surface area contributed by atoms with Crippen molar-refractivity contribution in [3.8, 4) is 0 Å². The van der Waals surface area contributed by atoms with Gasteiger partial charge in [0.25, 0.3) is 0 Å². The highest BCUT2D eigenvalue weighted by Crippen LogP contribution is 2.45. The minimum Gasteiger partial charge on any atom is -0.451 e. The molecule has 7 heteroatoms. The Bertz CT molecular complexity index is 1300. The number of rotatable bonds is 5. The van der Waals surface area contributed by atoms with Gasteiger partial charge in [-0.1, -0.05) is 35.9 Å². The Morgan fingerprint density at radius 3 is 2.33 bits per heavy atom. The van der Waals surface area contributed by atoms with Crippen LogP contribution in [0.15, 0.2) is 60.7 Å². The van der Waals surface area contributed by atoms with Gasteiger partial charge in [-0.25, -0.2) is 9.18 Å². The summed E-state index contributed by atoms with van der Waals surface area (Å²) < 4.78 is 19.7. The van der Waals surface area contributed by atoms with Gasteiger partial charge in [-0.05, 0) is 98.2 Å². The van der Waals surface area contributed by atoms with Crippen LogP contribution in [0.4, 0.5) is 10.1 Å². The maximum absolute atomic E-state index is 13.5. The van der Waals surface area contributed by atoms with Crippen LogP contribution < -0.4 is 4.90 Å². The van der Waals surface area contributed by atoms with Crippen LogP contribution in [0.3, 0.4) is 0 Å². The van der Waals surface area contributed by atoms with Gasteiger partial charge in [-0.2, -0.15) is 0 Å². The standard InChI is InChI=1S/C29H27ClFNO3S/c1-18-19(2)25(32-26(33)17-36-27(32)20-5-11-23(31)12-6-20)14-13-24(18)28(34)35-29(15-3-4-16-29)21-7-9-22(30)10-8-21/h5-14,27H,3-4,15-17H2,1-2H3. The minimum absolute atomic E-state index is 0.0141. The van der Waals surface area contributed by atoms with Gasteiger partial charge >= 0.3 is 5.97 Å². The molecule has 1 atom stereocenters. The number of hydrogen-bond donors (Lipinski definition) is 0. The van der Waals surface area contributed by atoms with Crippen molar-refractivity contribution < 1.29 is 18.7 Å². The molecule has 1 saturated heterocycles. The highest BCUT2D eigenvalue weighted by Gasteiger charge is 2.40. The van der Waals surface area contributed by atoms with Crippen molar-refractivity contribution in [3.63, 3.8) is 0 Å². The van der Waals surface area contributed by atoms with Gasteiger partial charge in [0.05, 0.1) is 11.3 Å². The molecule has 0 bridgehead atoms. The first kappa shape index (κ1) is 24.8. The number of carbonyl (C=O) groups is 2. The lowest BCUT2D eigenvalue weighted by Gasteiger charge is -2.31. The topological polar surface area (TPSA) is 46.6 Å². The molecule has 36 heavy (non-hydrogen) atoms. The maximum Gasteiger partial charge on any atom is 0.339 e. The predicted molar refractivity (Wildman–Crippen MR) is 142 cm³/mol. The Hall–Kier alpha value is -2.83. The van der Waals surface area contributed by atoms with E-state index in [4.69, 9.17) is 16.3 Å². The van der Waals surface area contributed by atoms with Crippen LogP contribution >= 0.6 is 23.4 Å². The van der Waals surface area contributed by atoms with Gasteiger partial charge in [-0.15, -0.1) is 11.8 Å². The van der Waals surface area contributed by atoms with Crippen molar-refractivity contribution in [1.82, 2.24) is 0 Å². The molecule has 1 aliphatic heterocycles. The number of benzene rings is 3. The smallest absolute Gasteiger partial charge is 0.339 e. The Morgan fingerprint density at radius 2 is 1.67 bits per heavy atom. The van der Waals surface area contributed by atoms with Gasteiger partial charge in [0, 0.05) is 10.7 Å². The summed E-state index contributed by atoms with van der Waals surface area (Å²) in [5.74, 6) is -0.349. The summed E-state index contributed by atoms with van der Waals surface area (Å²) >= 11 is 7.59. The average molecular weight is 524 g/mol. The van der Waals surface area contributed by atoms with Crippen LogP contribution in [0.25, 0.3) is 0 Å². The van der Waals surface area contributed by atoms with E-state index in [0.717, 1.165) is 53.6 Å². The first-order chi connectivity index (χ1) is 17.3. The van der Waals surface area contributed by atoms with E-state index in [9.17, 15) is 14.0 Å². The van der Waals surface area contributed by atoms with Crippen molar-refractivity contribution in [2.75, 3.05) is 10.7 Å². The minimum atomic E-state index is -0.657. The maximum atomic E-state index is 13.5. The molecule has 2 aliphatic rings. The van der Waals surface area contributed by atoms with Gasteiger partial charge < -0.3 is 4.74 Å². The van der Waals surface area contributed by atoms with E-state index in [1.807, 2.05) is 44.2 Å². The third kappa shape index (κ3) is 4.53. The second-order valence-electron chi connectivity index (χ2n) is 9.46. The second-order valence-corrected chi connectivity index (χ2v) is 11.0. The van der Waals surface area contributed by atoms with Gasteiger partial charge in [0.15, 0.2) is 0 Å². The highest BCUT2D eigenvalue weighted by atomic mass is 35.5.